The lowest BCUT2D eigenvalue weighted by molar-refractivity contribution is 0.191. The molecule has 0 aliphatic carbocycles. The fourth-order valence-electron chi connectivity index (χ4n) is 1.77. The molecule has 1 aromatic rings. The van der Waals surface area contributed by atoms with Crippen LogP contribution >= 0.6 is 0 Å². The first-order valence-corrected chi connectivity index (χ1v) is 6.24. The highest BCUT2D eigenvalue weighted by atomic mass is 16.3. The molecule has 1 aromatic carbocycles. The molecule has 0 fully saturated rings. The van der Waals surface area contributed by atoms with E-state index in [1.54, 1.807) is 0 Å². The molecule has 0 spiro atoms. The molecule has 0 radical (unpaired) electrons. The Balaban J connectivity index is 2.58. The zero-order valence-electron chi connectivity index (χ0n) is 10.5. The van der Waals surface area contributed by atoms with Crippen LogP contribution in [0.25, 0.3) is 0 Å². The van der Waals surface area contributed by atoms with Crippen molar-refractivity contribution in [3.63, 3.8) is 0 Å². The highest BCUT2D eigenvalue weighted by Gasteiger charge is 2.10. The van der Waals surface area contributed by atoms with Crippen LogP contribution in [0, 0.1) is 0 Å². The Kier molecular flexibility index (Phi) is 5.95. The van der Waals surface area contributed by atoms with Gasteiger partial charge >= 0.3 is 0 Å². The van der Waals surface area contributed by atoms with Crippen molar-refractivity contribution in [1.82, 2.24) is 0 Å². The van der Waals surface area contributed by atoms with Gasteiger partial charge in [-0.25, -0.2) is 0 Å². The van der Waals surface area contributed by atoms with Crippen molar-refractivity contribution in [2.75, 3.05) is 6.61 Å². The van der Waals surface area contributed by atoms with E-state index in [0.717, 1.165) is 12.0 Å². The summed E-state index contributed by atoms with van der Waals surface area (Å²) in [5.74, 6) is 0. The largest absolute Gasteiger partial charge is 0.392 e. The Bertz CT molecular complexity index is 340. The summed E-state index contributed by atoms with van der Waals surface area (Å²) < 4.78 is 0. The highest BCUT2D eigenvalue weighted by molar-refractivity contribution is 5.28. The van der Waals surface area contributed by atoms with Crippen LogP contribution in [0.2, 0.25) is 0 Å². The van der Waals surface area contributed by atoms with Gasteiger partial charge in [-0.3, -0.25) is 0 Å². The predicted molar refractivity (Wildman–Crippen MR) is 70.9 cm³/mol. The predicted octanol–water partition coefficient (Wildman–Crippen LogP) is 3.00. The average Bonchev–Trinajstić information content (AvgIpc) is 2.38. The molecule has 1 rings (SSSR count). The van der Waals surface area contributed by atoms with Gasteiger partial charge in [0.25, 0.3) is 0 Å². The summed E-state index contributed by atoms with van der Waals surface area (Å²) in [4.78, 5) is 0. The molecule has 0 aromatic heterocycles. The maximum atomic E-state index is 9.83. The SMILES string of the molecule is C=C(CO)[C@@H](O)c1ccc(CCCCC)cc1. The van der Waals surface area contributed by atoms with Crippen molar-refractivity contribution in [2.24, 2.45) is 0 Å². The molecule has 0 heterocycles. The van der Waals surface area contributed by atoms with E-state index >= 15 is 0 Å². The van der Waals surface area contributed by atoms with Crippen molar-refractivity contribution >= 4 is 0 Å². The summed E-state index contributed by atoms with van der Waals surface area (Å²) in [5, 5.41) is 18.7. The Hall–Kier alpha value is -1.12. The molecule has 1 atom stereocenters. The summed E-state index contributed by atoms with van der Waals surface area (Å²) in [7, 11) is 0. The summed E-state index contributed by atoms with van der Waals surface area (Å²) in [6, 6.07) is 7.90. The van der Waals surface area contributed by atoms with Gasteiger partial charge < -0.3 is 10.2 Å². The zero-order valence-corrected chi connectivity index (χ0v) is 10.5. The monoisotopic (exact) mass is 234 g/mol. The first-order valence-electron chi connectivity index (χ1n) is 6.24. The van der Waals surface area contributed by atoms with E-state index in [2.05, 4.69) is 13.5 Å². The molecular formula is C15H22O2. The minimum absolute atomic E-state index is 0.181. The summed E-state index contributed by atoms with van der Waals surface area (Å²) >= 11 is 0. The van der Waals surface area contributed by atoms with Crippen LogP contribution in [-0.4, -0.2) is 16.8 Å². The van der Waals surface area contributed by atoms with Crippen molar-refractivity contribution in [1.29, 1.82) is 0 Å². The number of aliphatic hydroxyl groups excluding tert-OH is 2. The fraction of sp³-hybridized carbons (Fsp3) is 0.467. The van der Waals surface area contributed by atoms with Gasteiger partial charge in [0.2, 0.25) is 0 Å². The molecule has 0 unspecified atom stereocenters. The topological polar surface area (TPSA) is 40.5 Å². The molecule has 2 nitrogen and oxygen atoms in total. The molecule has 0 amide bonds. The molecule has 2 N–H and O–H groups in total. The number of hydrogen-bond donors (Lipinski definition) is 2. The van der Waals surface area contributed by atoms with Crippen LogP contribution in [-0.2, 0) is 6.42 Å². The van der Waals surface area contributed by atoms with E-state index < -0.39 is 6.10 Å². The minimum Gasteiger partial charge on any atom is -0.392 e. The van der Waals surface area contributed by atoms with Crippen molar-refractivity contribution in [3.8, 4) is 0 Å². The zero-order chi connectivity index (χ0) is 12.7. The molecular weight excluding hydrogens is 212 g/mol. The van der Waals surface area contributed by atoms with Gasteiger partial charge in [0.1, 0.15) is 6.10 Å². The normalized spacial score (nSPS) is 12.4. The quantitative estimate of drug-likeness (QED) is 0.562. The van der Waals surface area contributed by atoms with Crippen LogP contribution in [0.15, 0.2) is 36.4 Å². The molecule has 2 heteroatoms. The smallest absolute Gasteiger partial charge is 0.102 e. The molecule has 0 aliphatic heterocycles. The Labute approximate surface area is 104 Å². The van der Waals surface area contributed by atoms with Gasteiger partial charge in [-0.05, 0) is 29.5 Å². The van der Waals surface area contributed by atoms with Gasteiger partial charge in [0, 0.05) is 0 Å². The molecule has 94 valence electrons. The number of aliphatic hydroxyl groups is 2. The first kappa shape index (κ1) is 13.9. The molecule has 0 saturated heterocycles. The van der Waals surface area contributed by atoms with E-state index in [1.807, 2.05) is 24.3 Å². The first-order chi connectivity index (χ1) is 8.19. The van der Waals surface area contributed by atoms with Gasteiger partial charge in [0.15, 0.2) is 0 Å². The summed E-state index contributed by atoms with van der Waals surface area (Å²) in [6.45, 7) is 5.65. The standard InChI is InChI=1S/C15H22O2/c1-3-4-5-6-13-7-9-14(10-8-13)15(17)12(2)11-16/h7-10,15-17H,2-6,11H2,1H3/t15-/m1/s1. The molecule has 0 bridgehead atoms. The lowest BCUT2D eigenvalue weighted by atomic mass is 10.00. The third kappa shape index (κ3) is 4.33. The number of aryl methyl sites for hydroxylation is 1. The third-order valence-electron chi connectivity index (χ3n) is 2.95. The van der Waals surface area contributed by atoms with Crippen LogP contribution in [0.4, 0.5) is 0 Å². The average molecular weight is 234 g/mol. The van der Waals surface area contributed by atoms with E-state index in [1.165, 1.54) is 24.8 Å². The fourth-order valence-corrected chi connectivity index (χ4v) is 1.77. The maximum Gasteiger partial charge on any atom is 0.102 e. The second kappa shape index (κ2) is 7.25. The highest BCUT2D eigenvalue weighted by Crippen LogP contribution is 2.20. The summed E-state index contributed by atoms with van der Waals surface area (Å²) in [5.41, 5.74) is 2.52. The van der Waals surface area contributed by atoms with Crippen LogP contribution in [0.3, 0.4) is 0 Å². The number of benzene rings is 1. The van der Waals surface area contributed by atoms with Gasteiger partial charge in [-0.2, -0.15) is 0 Å². The Morgan fingerprint density at radius 2 is 1.88 bits per heavy atom. The Morgan fingerprint density at radius 1 is 1.24 bits per heavy atom. The van der Waals surface area contributed by atoms with E-state index in [-0.39, 0.29) is 6.61 Å². The van der Waals surface area contributed by atoms with Crippen LogP contribution < -0.4 is 0 Å². The number of unbranched alkanes of at least 4 members (excludes halogenated alkanes) is 2. The minimum atomic E-state index is -0.760. The molecule has 17 heavy (non-hydrogen) atoms. The van der Waals surface area contributed by atoms with Gasteiger partial charge in [0.05, 0.1) is 6.61 Å². The summed E-state index contributed by atoms with van der Waals surface area (Å²) in [6.07, 6.45) is 4.02. The van der Waals surface area contributed by atoms with Gasteiger partial charge in [-0.1, -0.05) is 50.6 Å². The van der Waals surface area contributed by atoms with Crippen LogP contribution in [0.1, 0.15) is 43.4 Å². The van der Waals surface area contributed by atoms with Crippen molar-refractivity contribution in [2.45, 2.75) is 38.7 Å². The Morgan fingerprint density at radius 3 is 2.41 bits per heavy atom. The molecule has 0 saturated carbocycles. The van der Waals surface area contributed by atoms with Gasteiger partial charge in [-0.15, -0.1) is 0 Å². The number of rotatable bonds is 7. The third-order valence-corrected chi connectivity index (χ3v) is 2.95. The van der Waals surface area contributed by atoms with Crippen molar-refractivity contribution in [3.05, 3.63) is 47.5 Å². The second-order valence-corrected chi connectivity index (χ2v) is 4.42. The number of hydrogen-bond acceptors (Lipinski definition) is 2. The second-order valence-electron chi connectivity index (χ2n) is 4.42. The maximum absolute atomic E-state index is 9.83. The van der Waals surface area contributed by atoms with E-state index in [0.29, 0.717) is 5.57 Å². The van der Waals surface area contributed by atoms with Crippen molar-refractivity contribution < 1.29 is 10.2 Å². The van der Waals surface area contributed by atoms with E-state index in [4.69, 9.17) is 5.11 Å². The molecule has 0 aliphatic rings. The van der Waals surface area contributed by atoms with E-state index in [9.17, 15) is 5.11 Å². The lowest BCUT2D eigenvalue weighted by Gasteiger charge is -2.12. The van der Waals surface area contributed by atoms with Crippen LogP contribution in [0.5, 0.6) is 0 Å². The lowest BCUT2D eigenvalue weighted by Crippen LogP contribution is -2.04.